The van der Waals surface area contributed by atoms with Crippen LogP contribution < -0.4 is 4.90 Å². The number of amides is 2. The van der Waals surface area contributed by atoms with Crippen molar-refractivity contribution in [3.63, 3.8) is 0 Å². The highest BCUT2D eigenvalue weighted by molar-refractivity contribution is 7.46. The van der Waals surface area contributed by atoms with Gasteiger partial charge in [-0.2, -0.15) is 0 Å². The molecule has 0 spiro atoms. The first-order valence-corrected chi connectivity index (χ1v) is 9.11. The number of carbonyl (C=O) groups excluding carboxylic acids is 2. The maximum absolute atomic E-state index is 12.1. The van der Waals surface area contributed by atoms with E-state index in [4.69, 9.17) is 14.5 Å². The molecule has 0 unspecified atom stereocenters. The Morgan fingerprint density at radius 1 is 1.26 bits per heavy atom. The van der Waals surface area contributed by atoms with Gasteiger partial charge in [-0.25, -0.2) is 23.7 Å². The Balaban J connectivity index is 2.75. The first-order valence-electron chi connectivity index (χ1n) is 7.58. The minimum atomic E-state index is -4.73. The highest BCUT2D eigenvalue weighted by Gasteiger charge is 2.21. The lowest BCUT2D eigenvalue weighted by Gasteiger charge is -2.22. The predicted molar refractivity (Wildman–Crippen MR) is 94.7 cm³/mol. The Morgan fingerprint density at radius 2 is 1.93 bits per heavy atom. The van der Waals surface area contributed by atoms with Crippen LogP contribution in [-0.2, 0) is 25.1 Å². The Labute approximate surface area is 156 Å². The summed E-state index contributed by atoms with van der Waals surface area (Å²) in [7, 11) is -1.86. The van der Waals surface area contributed by atoms with E-state index in [1.54, 1.807) is 19.1 Å². The zero-order valence-electron chi connectivity index (χ0n) is 15.2. The van der Waals surface area contributed by atoms with E-state index in [2.05, 4.69) is 20.8 Å². The molecule has 27 heavy (non-hydrogen) atoms. The minimum Gasteiger partial charge on any atom is -0.445 e. The second kappa shape index (κ2) is 10.0. The van der Waals surface area contributed by atoms with Crippen molar-refractivity contribution in [1.29, 1.82) is 0 Å². The summed E-state index contributed by atoms with van der Waals surface area (Å²) in [6.07, 6.45) is -0.0444. The number of anilines is 1. The van der Waals surface area contributed by atoms with Crippen molar-refractivity contribution < 1.29 is 37.9 Å². The number of pyridine rings is 1. The average molecular weight is 403 g/mol. The lowest BCUT2D eigenvalue weighted by atomic mass is 10.2. The Bertz CT molecular complexity index is 736. The second-order valence-electron chi connectivity index (χ2n) is 5.56. The van der Waals surface area contributed by atoms with Crippen LogP contribution in [0.15, 0.2) is 30.5 Å². The fraction of sp³-hybridized carbons (Fsp3) is 0.400. The van der Waals surface area contributed by atoms with Crippen LogP contribution in [0.25, 0.3) is 0 Å². The fourth-order valence-corrected chi connectivity index (χ4v) is 1.99. The van der Waals surface area contributed by atoms with Gasteiger partial charge >= 0.3 is 20.0 Å². The van der Waals surface area contributed by atoms with Crippen molar-refractivity contribution in [1.82, 2.24) is 9.88 Å². The van der Waals surface area contributed by atoms with Crippen LogP contribution in [0.5, 0.6) is 0 Å². The molecule has 0 saturated heterocycles. The smallest absolute Gasteiger partial charge is 0.445 e. The van der Waals surface area contributed by atoms with E-state index >= 15 is 0 Å². The van der Waals surface area contributed by atoms with E-state index in [0.717, 1.165) is 4.90 Å². The van der Waals surface area contributed by atoms with Crippen LogP contribution in [0, 0.1) is 0 Å². The van der Waals surface area contributed by atoms with Crippen LogP contribution in [-0.4, -0.2) is 59.4 Å². The monoisotopic (exact) mass is 403 g/mol. The topological polar surface area (TPSA) is 139 Å². The third kappa shape index (κ3) is 8.18. The highest BCUT2D eigenvalue weighted by Crippen LogP contribution is 2.35. The zero-order chi connectivity index (χ0) is 20.6. The molecule has 0 aliphatic carbocycles. The van der Waals surface area contributed by atoms with E-state index in [0.29, 0.717) is 11.1 Å². The molecule has 0 atom stereocenters. The fourth-order valence-electron chi connectivity index (χ4n) is 1.80. The van der Waals surface area contributed by atoms with Gasteiger partial charge < -0.3 is 24.2 Å². The van der Waals surface area contributed by atoms with Gasteiger partial charge in [-0.1, -0.05) is 12.6 Å². The standard InChI is InChI=1S/C15H22N3O8P/c1-11(2)9-24-15(20)18(4)13-12(6-5-7-16-13)8-17(3)14(19)25-10-26-27(21,22)23/h5-7H,1,8-10H2,2-4H3,(H2,21,22,23). The number of hydrogen-bond acceptors (Lipinski definition) is 7. The normalized spacial score (nSPS) is 10.9. The molecule has 150 valence electrons. The Hall–Kier alpha value is -2.46. The third-order valence-corrected chi connectivity index (χ3v) is 3.47. The quantitative estimate of drug-likeness (QED) is 0.378. The molecular formula is C15H22N3O8P. The number of carbonyl (C=O) groups is 2. The molecule has 12 heteroatoms. The SMILES string of the molecule is C=C(C)COC(=O)N(C)c1ncccc1CN(C)C(=O)OCOP(=O)(O)O. The Kier molecular flexibility index (Phi) is 8.38. The van der Waals surface area contributed by atoms with Gasteiger partial charge in [-0.05, 0) is 18.6 Å². The summed E-state index contributed by atoms with van der Waals surface area (Å²) in [5.41, 5.74) is 1.20. The molecule has 2 N–H and O–H groups in total. The van der Waals surface area contributed by atoms with Gasteiger partial charge in [0.15, 0.2) is 0 Å². The third-order valence-electron chi connectivity index (χ3n) is 3.02. The van der Waals surface area contributed by atoms with E-state index in [9.17, 15) is 14.2 Å². The van der Waals surface area contributed by atoms with Gasteiger partial charge in [0.2, 0.25) is 6.79 Å². The summed E-state index contributed by atoms with van der Waals surface area (Å²) in [6, 6.07) is 3.28. The van der Waals surface area contributed by atoms with Crippen LogP contribution in [0.4, 0.5) is 15.4 Å². The molecule has 0 aliphatic heterocycles. The maximum atomic E-state index is 12.1. The van der Waals surface area contributed by atoms with Crippen LogP contribution >= 0.6 is 7.82 Å². The van der Waals surface area contributed by atoms with Crippen LogP contribution in [0.1, 0.15) is 12.5 Å². The molecule has 1 heterocycles. The molecule has 0 radical (unpaired) electrons. The molecular weight excluding hydrogens is 381 g/mol. The van der Waals surface area contributed by atoms with E-state index in [-0.39, 0.29) is 19.0 Å². The number of aromatic nitrogens is 1. The molecule has 1 aromatic rings. The van der Waals surface area contributed by atoms with Gasteiger partial charge in [0.05, 0.1) is 6.54 Å². The molecule has 1 aromatic heterocycles. The first-order chi connectivity index (χ1) is 12.5. The maximum Gasteiger partial charge on any atom is 0.472 e. The molecule has 0 aromatic carbocycles. The molecule has 11 nitrogen and oxygen atoms in total. The van der Waals surface area contributed by atoms with Crippen molar-refractivity contribution in [3.8, 4) is 0 Å². The van der Waals surface area contributed by atoms with Crippen LogP contribution in [0.3, 0.4) is 0 Å². The summed E-state index contributed by atoms with van der Waals surface area (Å²) in [6.45, 7) is 4.54. The molecule has 0 bridgehead atoms. The van der Waals surface area contributed by atoms with Crippen molar-refractivity contribution in [2.45, 2.75) is 13.5 Å². The number of hydrogen-bond donors (Lipinski definition) is 2. The molecule has 0 aliphatic rings. The van der Waals surface area contributed by atoms with Crippen molar-refractivity contribution >= 4 is 25.8 Å². The van der Waals surface area contributed by atoms with Crippen molar-refractivity contribution in [2.24, 2.45) is 0 Å². The van der Waals surface area contributed by atoms with Crippen molar-refractivity contribution in [2.75, 3.05) is 32.4 Å². The van der Waals surface area contributed by atoms with E-state index in [1.807, 2.05) is 0 Å². The van der Waals surface area contributed by atoms with Gasteiger partial charge in [-0.15, -0.1) is 0 Å². The lowest BCUT2D eigenvalue weighted by molar-refractivity contribution is 0.0229. The number of rotatable bonds is 8. The average Bonchev–Trinajstić information content (AvgIpc) is 2.58. The summed E-state index contributed by atoms with van der Waals surface area (Å²) in [5.74, 6) is 0.273. The number of ether oxygens (including phenoxy) is 2. The second-order valence-corrected chi connectivity index (χ2v) is 6.80. The van der Waals surface area contributed by atoms with Gasteiger partial charge in [0.25, 0.3) is 0 Å². The number of nitrogens with zero attached hydrogens (tertiary/aromatic N) is 3. The van der Waals surface area contributed by atoms with E-state index in [1.165, 1.54) is 25.2 Å². The van der Waals surface area contributed by atoms with E-state index < -0.39 is 26.8 Å². The molecule has 0 fully saturated rings. The first kappa shape index (κ1) is 22.6. The number of phosphoric ester groups is 1. The Morgan fingerprint density at radius 3 is 2.52 bits per heavy atom. The lowest BCUT2D eigenvalue weighted by Crippen LogP contribution is -2.32. The number of phosphoric acid groups is 1. The molecule has 2 amide bonds. The predicted octanol–water partition coefficient (Wildman–Crippen LogP) is 1.87. The van der Waals surface area contributed by atoms with Gasteiger partial charge in [-0.3, -0.25) is 4.90 Å². The summed E-state index contributed by atoms with van der Waals surface area (Å²) in [4.78, 5) is 47.5. The largest absolute Gasteiger partial charge is 0.472 e. The van der Waals surface area contributed by atoms with Gasteiger partial charge in [0.1, 0.15) is 12.4 Å². The minimum absolute atomic E-state index is 0.00994. The summed E-state index contributed by atoms with van der Waals surface area (Å²) >= 11 is 0. The zero-order valence-corrected chi connectivity index (χ0v) is 16.1. The van der Waals surface area contributed by atoms with Gasteiger partial charge in [0, 0.05) is 25.9 Å². The highest BCUT2D eigenvalue weighted by atomic mass is 31.2. The molecule has 0 saturated carbocycles. The molecule has 1 rings (SSSR count). The summed E-state index contributed by atoms with van der Waals surface area (Å²) < 4.78 is 24.3. The van der Waals surface area contributed by atoms with Crippen molar-refractivity contribution in [3.05, 3.63) is 36.0 Å². The van der Waals surface area contributed by atoms with Crippen LogP contribution in [0.2, 0.25) is 0 Å². The summed E-state index contributed by atoms with van der Waals surface area (Å²) in [5, 5.41) is 0.